The van der Waals surface area contributed by atoms with Crippen molar-refractivity contribution >= 4 is 47.0 Å². The fourth-order valence-electron chi connectivity index (χ4n) is 4.71. The summed E-state index contributed by atoms with van der Waals surface area (Å²) >= 11 is 6.28. The maximum atomic E-state index is 15.3. The molecule has 1 unspecified atom stereocenters. The molecule has 2 fully saturated rings. The number of alkyl halides is 3. The molecule has 15 heteroatoms. The van der Waals surface area contributed by atoms with Gasteiger partial charge in [0.1, 0.15) is 24.2 Å². The molecule has 10 nitrogen and oxygen atoms in total. The van der Waals surface area contributed by atoms with E-state index in [1.54, 1.807) is 0 Å². The lowest BCUT2D eigenvalue weighted by molar-refractivity contribution is -0.354. The topological polar surface area (TPSA) is 120 Å². The number of ether oxygens (including phenoxy) is 1. The lowest BCUT2D eigenvalue weighted by atomic mass is 9.92. The number of hydrogen-bond donors (Lipinski definition) is 2. The first-order valence-corrected chi connectivity index (χ1v) is 11.9. The molecule has 1 saturated heterocycles. The zero-order chi connectivity index (χ0) is 27.4. The number of rotatable bonds is 4. The van der Waals surface area contributed by atoms with Crippen molar-refractivity contribution in [2.75, 3.05) is 0 Å². The van der Waals surface area contributed by atoms with Crippen molar-refractivity contribution in [2.24, 2.45) is 4.99 Å². The summed E-state index contributed by atoms with van der Waals surface area (Å²) in [5.41, 5.74) is 0.160. The highest BCUT2D eigenvalue weighted by Crippen LogP contribution is 2.35. The molecular weight excluding hydrogens is 538 g/mol. The van der Waals surface area contributed by atoms with E-state index in [9.17, 15) is 32.3 Å². The number of amidine groups is 1. The Morgan fingerprint density at radius 2 is 2.03 bits per heavy atom. The van der Waals surface area contributed by atoms with E-state index in [2.05, 4.69) is 15.6 Å². The van der Waals surface area contributed by atoms with Crippen molar-refractivity contribution in [3.63, 3.8) is 0 Å². The molecule has 1 atom stereocenters. The van der Waals surface area contributed by atoms with Crippen LogP contribution in [0.4, 0.5) is 22.4 Å². The SMILES string of the molecule is O=C1CCC(N2Cc3c(Cl)cc(CNC(=O)OC4CC(=[N+]5C=CN=C5C(F)(F)F)C4)c(F)c3C2=O)C(=O)N1. The van der Waals surface area contributed by atoms with E-state index < -0.39 is 53.8 Å². The Balaban J connectivity index is 1.20. The van der Waals surface area contributed by atoms with Crippen LogP contribution in [0.1, 0.15) is 47.2 Å². The number of halogens is 5. The standard InChI is InChI=1S/C23H18ClF4N5O5/c24-14-5-10(18(25)17-13(14)9-33(20(17)36)15-1-2-16(34)31-19(15)35)8-30-22(37)38-12-6-11(7-12)32-4-3-29-21(32)23(26,27)28/h3-5,12,15H,1-2,6-9H2,(H-,30,31,34,35,37)/p+1. The van der Waals surface area contributed by atoms with E-state index in [-0.39, 0.29) is 60.5 Å². The summed E-state index contributed by atoms with van der Waals surface area (Å²) in [5, 5.41) is 4.57. The first kappa shape index (κ1) is 25.8. The van der Waals surface area contributed by atoms with Crippen LogP contribution in [0.3, 0.4) is 0 Å². The normalized spacial score (nSPS) is 22.8. The molecule has 1 aliphatic carbocycles. The molecule has 0 radical (unpaired) electrons. The van der Waals surface area contributed by atoms with E-state index in [0.29, 0.717) is 5.71 Å². The van der Waals surface area contributed by atoms with Gasteiger partial charge in [0.25, 0.3) is 5.91 Å². The third kappa shape index (κ3) is 4.64. The first-order chi connectivity index (χ1) is 17.9. The molecule has 2 N–H and O–H groups in total. The van der Waals surface area contributed by atoms with Gasteiger partial charge in [0, 0.05) is 48.5 Å². The summed E-state index contributed by atoms with van der Waals surface area (Å²) in [6.45, 7) is -0.494. The molecule has 3 aliphatic heterocycles. The number of alkyl carbamates (subject to hydrolysis) is 1. The van der Waals surface area contributed by atoms with Crippen molar-refractivity contribution in [3.8, 4) is 0 Å². The van der Waals surface area contributed by atoms with Gasteiger partial charge in [0.15, 0.2) is 6.20 Å². The molecule has 4 amide bonds. The van der Waals surface area contributed by atoms with Crippen LogP contribution in [0.25, 0.3) is 0 Å². The number of imide groups is 1. The average molecular weight is 557 g/mol. The van der Waals surface area contributed by atoms with Crippen LogP contribution in [-0.2, 0) is 27.4 Å². The largest absolute Gasteiger partial charge is 0.499 e. The fraction of sp³-hybridized carbons (Fsp3) is 0.391. The smallest absolute Gasteiger partial charge is 0.445 e. The number of piperidine rings is 1. The van der Waals surface area contributed by atoms with Gasteiger partial charge in [0.05, 0.1) is 11.3 Å². The molecule has 200 valence electrons. The second-order valence-corrected chi connectivity index (χ2v) is 9.47. The highest BCUT2D eigenvalue weighted by molar-refractivity contribution is 6.32. The van der Waals surface area contributed by atoms with E-state index in [1.165, 1.54) is 12.3 Å². The van der Waals surface area contributed by atoms with Gasteiger partial charge in [-0.2, -0.15) is 17.7 Å². The number of carbonyl (C=O) groups excluding carboxylic acids is 4. The zero-order valence-electron chi connectivity index (χ0n) is 19.4. The fourth-order valence-corrected chi connectivity index (χ4v) is 5.00. The number of nitrogens with one attached hydrogen (secondary N) is 2. The summed E-state index contributed by atoms with van der Waals surface area (Å²) in [7, 11) is 0. The van der Waals surface area contributed by atoms with Gasteiger partial charge in [-0.25, -0.2) is 9.18 Å². The molecule has 4 aliphatic rings. The molecule has 3 heterocycles. The Labute approximate surface area is 217 Å². The lowest BCUT2D eigenvalue weighted by Gasteiger charge is -2.29. The Hall–Kier alpha value is -3.81. The summed E-state index contributed by atoms with van der Waals surface area (Å²) in [4.78, 5) is 53.3. The summed E-state index contributed by atoms with van der Waals surface area (Å²) in [6.07, 6.45) is -3.75. The highest BCUT2D eigenvalue weighted by Gasteiger charge is 2.50. The summed E-state index contributed by atoms with van der Waals surface area (Å²) in [6, 6.07) is 0.308. The van der Waals surface area contributed by atoms with Gasteiger partial charge in [-0.05, 0) is 17.5 Å². The Morgan fingerprint density at radius 1 is 1.29 bits per heavy atom. The van der Waals surface area contributed by atoms with E-state index in [4.69, 9.17) is 16.3 Å². The van der Waals surface area contributed by atoms with Crippen LogP contribution < -0.4 is 10.6 Å². The molecule has 0 spiro atoms. The van der Waals surface area contributed by atoms with Crippen molar-refractivity contribution in [1.82, 2.24) is 15.5 Å². The zero-order valence-corrected chi connectivity index (χ0v) is 20.2. The summed E-state index contributed by atoms with van der Waals surface area (Å²) in [5.74, 6) is -3.84. The monoisotopic (exact) mass is 556 g/mol. The summed E-state index contributed by atoms with van der Waals surface area (Å²) < 4.78 is 60.4. The second-order valence-electron chi connectivity index (χ2n) is 9.06. The number of nitrogens with zero attached hydrogens (tertiary/aromatic N) is 3. The van der Waals surface area contributed by atoms with Crippen molar-refractivity contribution in [1.29, 1.82) is 0 Å². The molecule has 0 aromatic heterocycles. The third-order valence-electron chi connectivity index (χ3n) is 6.64. The molecule has 1 aromatic rings. The van der Waals surface area contributed by atoms with Crippen LogP contribution in [0, 0.1) is 5.82 Å². The van der Waals surface area contributed by atoms with Crippen molar-refractivity contribution < 1.29 is 46.1 Å². The van der Waals surface area contributed by atoms with E-state index >= 15 is 4.39 Å². The van der Waals surface area contributed by atoms with E-state index in [1.807, 2.05) is 0 Å². The minimum Gasteiger partial charge on any atom is -0.445 e. The average Bonchev–Trinajstić information content (AvgIpc) is 3.43. The van der Waals surface area contributed by atoms with Gasteiger partial charge >= 0.3 is 18.1 Å². The van der Waals surface area contributed by atoms with Crippen LogP contribution in [-0.4, -0.2) is 63.2 Å². The molecule has 1 aromatic carbocycles. The number of carbonyl (C=O) groups is 4. The van der Waals surface area contributed by atoms with Crippen LogP contribution in [0.5, 0.6) is 0 Å². The predicted octanol–water partition coefficient (Wildman–Crippen LogP) is 2.53. The van der Waals surface area contributed by atoms with Crippen LogP contribution >= 0.6 is 11.6 Å². The van der Waals surface area contributed by atoms with Gasteiger partial charge in [0.2, 0.25) is 11.8 Å². The number of benzene rings is 1. The van der Waals surface area contributed by atoms with Crippen molar-refractivity contribution in [2.45, 2.75) is 57.1 Å². The molecule has 5 rings (SSSR count). The third-order valence-corrected chi connectivity index (χ3v) is 6.98. The molecule has 1 saturated carbocycles. The van der Waals surface area contributed by atoms with Gasteiger partial charge < -0.3 is 15.0 Å². The lowest BCUT2D eigenvalue weighted by Crippen LogP contribution is -2.52. The Kier molecular flexibility index (Phi) is 6.45. The van der Waals surface area contributed by atoms with Crippen molar-refractivity contribution in [3.05, 3.63) is 46.0 Å². The molecule has 0 bridgehead atoms. The highest BCUT2D eigenvalue weighted by atomic mass is 35.5. The minimum absolute atomic E-state index is 0.0378. The maximum absolute atomic E-state index is 15.3. The van der Waals surface area contributed by atoms with E-state index in [0.717, 1.165) is 15.7 Å². The maximum Gasteiger partial charge on any atom is 0.499 e. The predicted molar refractivity (Wildman–Crippen MR) is 122 cm³/mol. The number of aliphatic imine (C=N–C) groups is 1. The Bertz CT molecular complexity index is 1360. The van der Waals surface area contributed by atoms with Crippen LogP contribution in [0.2, 0.25) is 5.02 Å². The first-order valence-electron chi connectivity index (χ1n) is 11.5. The number of amides is 4. The molecular formula is C23H19ClF4N5O5+. The minimum atomic E-state index is -4.62. The molecule has 38 heavy (non-hydrogen) atoms. The van der Waals surface area contributed by atoms with Gasteiger partial charge in [-0.1, -0.05) is 11.6 Å². The number of fused-ring (bicyclic) bond motifs is 1. The second kappa shape index (κ2) is 9.49. The van der Waals surface area contributed by atoms with Gasteiger partial charge in [-0.15, -0.1) is 0 Å². The quantitative estimate of drug-likeness (QED) is 0.335. The number of hydrogen-bond acceptors (Lipinski definition) is 6. The Morgan fingerprint density at radius 3 is 2.71 bits per heavy atom. The van der Waals surface area contributed by atoms with Crippen LogP contribution in [0.15, 0.2) is 23.5 Å². The van der Waals surface area contributed by atoms with Gasteiger partial charge in [-0.3, -0.25) is 19.7 Å².